The summed E-state index contributed by atoms with van der Waals surface area (Å²) in [5.74, 6) is 1.51. The topological polar surface area (TPSA) is 12.5 Å². The number of alkyl halides is 1. The first-order valence-electron chi connectivity index (χ1n) is 7.70. The maximum absolute atomic E-state index is 5.72. The molecule has 2 nitrogen and oxygen atoms in total. The molecule has 18 heavy (non-hydrogen) atoms. The van der Waals surface area contributed by atoms with Gasteiger partial charge in [-0.2, -0.15) is 0 Å². The van der Waals surface area contributed by atoms with Crippen molar-refractivity contribution in [2.75, 3.05) is 32.1 Å². The molecule has 1 heterocycles. The minimum Gasteiger partial charge on any atom is -0.377 e. The van der Waals surface area contributed by atoms with Crippen LogP contribution in [0.5, 0.6) is 0 Å². The van der Waals surface area contributed by atoms with Crippen molar-refractivity contribution in [3.05, 3.63) is 0 Å². The number of ether oxygens (including phenoxy) is 1. The van der Waals surface area contributed by atoms with Crippen LogP contribution in [-0.2, 0) is 4.74 Å². The Labute approximate surface area is 118 Å². The molecule has 0 radical (unpaired) electrons. The number of hydrogen-bond acceptors (Lipinski definition) is 2. The summed E-state index contributed by atoms with van der Waals surface area (Å²) in [7, 11) is 0. The highest BCUT2D eigenvalue weighted by molar-refractivity contribution is 6.17. The van der Waals surface area contributed by atoms with Crippen LogP contribution in [0.25, 0.3) is 0 Å². The van der Waals surface area contributed by atoms with Gasteiger partial charge in [-0.1, -0.05) is 33.1 Å². The summed E-state index contributed by atoms with van der Waals surface area (Å²) in [4.78, 5) is 2.63. The van der Waals surface area contributed by atoms with Crippen LogP contribution < -0.4 is 0 Å². The number of piperidine rings is 1. The largest absolute Gasteiger partial charge is 0.377 e. The van der Waals surface area contributed by atoms with Crippen LogP contribution in [0, 0.1) is 5.92 Å². The zero-order valence-corrected chi connectivity index (χ0v) is 12.9. The fourth-order valence-corrected chi connectivity index (χ4v) is 2.84. The van der Waals surface area contributed by atoms with Gasteiger partial charge in [0.25, 0.3) is 0 Å². The Hall–Kier alpha value is 0.210. The molecule has 0 aromatic carbocycles. The second-order valence-corrected chi connectivity index (χ2v) is 5.85. The quantitative estimate of drug-likeness (QED) is 0.592. The number of unbranched alkanes of at least 4 members (excludes halogenated alkanes) is 1. The molecule has 1 aliphatic rings. The van der Waals surface area contributed by atoms with Gasteiger partial charge in [0.2, 0.25) is 0 Å². The first kappa shape index (κ1) is 16.3. The lowest BCUT2D eigenvalue weighted by molar-refractivity contribution is 0.0115. The molecule has 0 bridgehead atoms. The molecule has 1 aliphatic heterocycles. The monoisotopic (exact) mass is 275 g/mol. The normalized spacial score (nSPS) is 20.2. The van der Waals surface area contributed by atoms with Crippen LogP contribution in [0.15, 0.2) is 0 Å². The Balaban J connectivity index is 2.17. The lowest BCUT2D eigenvalue weighted by atomic mass is 9.97. The van der Waals surface area contributed by atoms with Gasteiger partial charge in [0, 0.05) is 25.5 Å². The number of halogens is 1. The van der Waals surface area contributed by atoms with E-state index in [0.717, 1.165) is 5.92 Å². The van der Waals surface area contributed by atoms with E-state index in [1.54, 1.807) is 0 Å². The molecular weight excluding hydrogens is 246 g/mol. The molecule has 0 saturated carbocycles. The van der Waals surface area contributed by atoms with Crippen molar-refractivity contribution in [2.24, 2.45) is 5.92 Å². The zero-order valence-electron chi connectivity index (χ0n) is 12.2. The second-order valence-electron chi connectivity index (χ2n) is 5.48. The SMILES string of the molecule is CCCCC(CC)CN1CCC(OCCCl)CC1. The third-order valence-electron chi connectivity index (χ3n) is 4.02. The zero-order chi connectivity index (χ0) is 13.2. The third kappa shape index (κ3) is 6.40. The summed E-state index contributed by atoms with van der Waals surface area (Å²) in [5, 5.41) is 0. The Kier molecular flexibility index (Phi) is 9.08. The van der Waals surface area contributed by atoms with Gasteiger partial charge in [0.05, 0.1) is 12.7 Å². The average molecular weight is 276 g/mol. The smallest absolute Gasteiger partial charge is 0.0605 e. The van der Waals surface area contributed by atoms with E-state index >= 15 is 0 Å². The van der Waals surface area contributed by atoms with Gasteiger partial charge in [0.15, 0.2) is 0 Å². The first-order chi connectivity index (χ1) is 8.80. The van der Waals surface area contributed by atoms with E-state index in [2.05, 4.69) is 18.7 Å². The van der Waals surface area contributed by atoms with E-state index < -0.39 is 0 Å². The van der Waals surface area contributed by atoms with Crippen LogP contribution in [0.4, 0.5) is 0 Å². The molecule has 3 heteroatoms. The summed E-state index contributed by atoms with van der Waals surface area (Å²) in [6, 6.07) is 0. The highest BCUT2D eigenvalue weighted by Gasteiger charge is 2.21. The van der Waals surface area contributed by atoms with Crippen molar-refractivity contribution < 1.29 is 4.74 Å². The molecular formula is C15H30ClNO. The van der Waals surface area contributed by atoms with Crippen LogP contribution >= 0.6 is 11.6 Å². The predicted octanol–water partition coefficient (Wildman–Crippen LogP) is 3.92. The molecule has 0 aliphatic carbocycles. The Bertz CT molecular complexity index is 193. The summed E-state index contributed by atoms with van der Waals surface area (Å²) in [6.07, 6.45) is 8.25. The lowest BCUT2D eigenvalue weighted by Crippen LogP contribution is -2.39. The molecule has 0 aromatic heterocycles. The molecule has 0 aromatic rings. The standard InChI is InChI=1S/C15H30ClNO/c1-3-5-6-14(4-2)13-17-10-7-15(8-11-17)18-12-9-16/h14-15H,3-13H2,1-2H3. The number of hydrogen-bond donors (Lipinski definition) is 0. The number of likely N-dealkylation sites (tertiary alicyclic amines) is 1. The Morgan fingerprint density at radius 2 is 2.00 bits per heavy atom. The summed E-state index contributed by atoms with van der Waals surface area (Å²) in [5.41, 5.74) is 0. The van der Waals surface area contributed by atoms with Gasteiger partial charge in [0.1, 0.15) is 0 Å². The van der Waals surface area contributed by atoms with E-state index in [1.165, 1.54) is 58.2 Å². The molecule has 0 N–H and O–H groups in total. The first-order valence-corrected chi connectivity index (χ1v) is 8.23. The Morgan fingerprint density at radius 1 is 1.28 bits per heavy atom. The van der Waals surface area contributed by atoms with Gasteiger partial charge in [-0.3, -0.25) is 0 Å². The second kappa shape index (κ2) is 10.1. The summed E-state index contributed by atoms with van der Waals surface area (Å²) in [6.45, 7) is 9.02. The van der Waals surface area contributed by atoms with Crippen molar-refractivity contribution in [3.63, 3.8) is 0 Å². The van der Waals surface area contributed by atoms with Gasteiger partial charge in [-0.05, 0) is 25.2 Å². The van der Waals surface area contributed by atoms with Gasteiger partial charge in [-0.15, -0.1) is 11.6 Å². The minimum absolute atomic E-state index is 0.454. The summed E-state index contributed by atoms with van der Waals surface area (Å²) < 4.78 is 5.72. The lowest BCUT2D eigenvalue weighted by Gasteiger charge is -2.34. The van der Waals surface area contributed by atoms with Crippen LogP contribution in [0.2, 0.25) is 0 Å². The van der Waals surface area contributed by atoms with E-state index in [1.807, 2.05) is 0 Å². The molecule has 1 fully saturated rings. The molecule has 0 spiro atoms. The predicted molar refractivity (Wildman–Crippen MR) is 79.4 cm³/mol. The van der Waals surface area contributed by atoms with E-state index in [9.17, 15) is 0 Å². The number of rotatable bonds is 9. The van der Waals surface area contributed by atoms with Crippen molar-refractivity contribution in [1.29, 1.82) is 0 Å². The van der Waals surface area contributed by atoms with E-state index in [4.69, 9.17) is 16.3 Å². The van der Waals surface area contributed by atoms with E-state index in [-0.39, 0.29) is 0 Å². The van der Waals surface area contributed by atoms with Crippen LogP contribution in [-0.4, -0.2) is 43.1 Å². The minimum atomic E-state index is 0.454. The van der Waals surface area contributed by atoms with Crippen molar-refractivity contribution in [1.82, 2.24) is 4.90 Å². The fraction of sp³-hybridized carbons (Fsp3) is 1.00. The summed E-state index contributed by atoms with van der Waals surface area (Å²) >= 11 is 5.65. The number of nitrogens with zero attached hydrogens (tertiary/aromatic N) is 1. The van der Waals surface area contributed by atoms with Crippen LogP contribution in [0.1, 0.15) is 52.4 Å². The van der Waals surface area contributed by atoms with Gasteiger partial charge in [-0.25, -0.2) is 0 Å². The maximum Gasteiger partial charge on any atom is 0.0605 e. The van der Waals surface area contributed by atoms with Gasteiger partial charge >= 0.3 is 0 Å². The third-order valence-corrected chi connectivity index (χ3v) is 4.18. The molecule has 1 atom stereocenters. The highest BCUT2D eigenvalue weighted by Crippen LogP contribution is 2.19. The Morgan fingerprint density at radius 3 is 2.56 bits per heavy atom. The molecule has 1 saturated heterocycles. The van der Waals surface area contributed by atoms with Crippen molar-refractivity contribution >= 4 is 11.6 Å². The fourth-order valence-electron chi connectivity index (χ4n) is 2.75. The van der Waals surface area contributed by atoms with Crippen molar-refractivity contribution in [3.8, 4) is 0 Å². The maximum atomic E-state index is 5.72. The van der Waals surface area contributed by atoms with E-state index in [0.29, 0.717) is 18.6 Å². The van der Waals surface area contributed by atoms with Crippen LogP contribution in [0.3, 0.4) is 0 Å². The average Bonchev–Trinajstić information content (AvgIpc) is 2.42. The van der Waals surface area contributed by atoms with Gasteiger partial charge < -0.3 is 9.64 Å². The van der Waals surface area contributed by atoms with Crippen molar-refractivity contribution in [2.45, 2.75) is 58.5 Å². The molecule has 1 rings (SSSR count). The highest BCUT2D eigenvalue weighted by atomic mass is 35.5. The molecule has 0 amide bonds. The molecule has 1 unspecified atom stereocenters. The molecule has 108 valence electrons.